The molecule has 0 fully saturated rings. The van der Waals surface area contributed by atoms with E-state index in [4.69, 9.17) is 0 Å². The fraction of sp³-hybridized carbons (Fsp3) is 0.250. The van der Waals surface area contributed by atoms with E-state index in [2.05, 4.69) is 15.9 Å². The maximum atomic E-state index is 13.3. The number of hydrogen-bond donors (Lipinski definition) is 0. The Hall–Kier alpha value is -1.36. The molecule has 1 unspecified atom stereocenters. The predicted octanol–water partition coefficient (Wildman–Crippen LogP) is 5.95. The van der Waals surface area contributed by atoms with Crippen LogP contribution in [0, 0.1) is 19.7 Å². The molecule has 5 heteroatoms. The summed E-state index contributed by atoms with van der Waals surface area (Å²) in [6.45, 7) is 3.84. The van der Waals surface area contributed by atoms with Crippen LogP contribution in [0.5, 0.6) is 0 Å². The van der Waals surface area contributed by atoms with Gasteiger partial charge in [-0.2, -0.15) is 13.2 Å². The topological polar surface area (TPSA) is 0 Å². The summed E-state index contributed by atoms with van der Waals surface area (Å²) in [5, 5.41) is 0. The zero-order chi connectivity index (χ0) is 15.8. The van der Waals surface area contributed by atoms with Gasteiger partial charge in [0.15, 0.2) is 0 Å². The fourth-order valence-electron chi connectivity index (χ4n) is 2.21. The Morgan fingerprint density at radius 1 is 1.00 bits per heavy atom. The molecule has 1 atom stereocenters. The van der Waals surface area contributed by atoms with E-state index in [1.807, 2.05) is 32.0 Å². The highest BCUT2D eigenvalue weighted by molar-refractivity contribution is 9.09. The Bertz CT molecular complexity index is 662. The molecular weight excluding hydrogens is 348 g/mol. The summed E-state index contributed by atoms with van der Waals surface area (Å²) in [6.07, 6.45) is -4.70. The zero-order valence-electron chi connectivity index (χ0n) is 11.4. The SMILES string of the molecule is Cc1ccc(C(Br)c2ccc(F)c(C(F)(F)F)c2)c(C)c1. The Balaban J connectivity index is 2.46. The first-order valence-corrected chi connectivity index (χ1v) is 7.19. The molecule has 21 heavy (non-hydrogen) atoms. The third kappa shape index (κ3) is 3.46. The van der Waals surface area contributed by atoms with Crippen LogP contribution in [0.25, 0.3) is 0 Å². The van der Waals surface area contributed by atoms with Crippen LogP contribution < -0.4 is 0 Å². The van der Waals surface area contributed by atoms with Gasteiger partial charge in [-0.1, -0.05) is 45.8 Å². The van der Waals surface area contributed by atoms with Crippen molar-refractivity contribution in [1.29, 1.82) is 0 Å². The Labute approximate surface area is 128 Å². The zero-order valence-corrected chi connectivity index (χ0v) is 13.0. The second-order valence-corrected chi connectivity index (χ2v) is 5.88. The summed E-state index contributed by atoms with van der Waals surface area (Å²) >= 11 is 3.41. The van der Waals surface area contributed by atoms with Gasteiger partial charge < -0.3 is 0 Å². The summed E-state index contributed by atoms with van der Waals surface area (Å²) in [7, 11) is 0. The summed E-state index contributed by atoms with van der Waals surface area (Å²) in [5.74, 6) is -1.26. The van der Waals surface area contributed by atoms with Crippen LogP contribution in [0.1, 0.15) is 32.6 Å². The molecule has 0 nitrogen and oxygen atoms in total. The number of rotatable bonds is 2. The smallest absolute Gasteiger partial charge is 0.206 e. The molecule has 0 spiro atoms. The molecule has 0 radical (unpaired) electrons. The molecule has 0 aliphatic heterocycles. The maximum Gasteiger partial charge on any atom is 0.419 e. The van der Waals surface area contributed by atoms with Crippen LogP contribution in [0.15, 0.2) is 36.4 Å². The molecule has 2 aromatic rings. The highest BCUT2D eigenvalue weighted by atomic mass is 79.9. The van der Waals surface area contributed by atoms with Gasteiger partial charge in [-0.3, -0.25) is 0 Å². The van der Waals surface area contributed by atoms with E-state index in [0.29, 0.717) is 5.56 Å². The first-order chi connectivity index (χ1) is 9.70. The minimum Gasteiger partial charge on any atom is -0.206 e. The van der Waals surface area contributed by atoms with E-state index < -0.39 is 22.4 Å². The van der Waals surface area contributed by atoms with Crippen molar-refractivity contribution in [3.63, 3.8) is 0 Å². The highest BCUT2D eigenvalue weighted by Crippen LogP contribution is 2.37. The molecule has 0 saturated heterocycles. The van der Waals surface area contributed by atoms with E-state index in [0.717, 1.165) is 28.8 Å². The van der Waals surface area contributed by atoms with Gasteiger partial charge in [0.2, 0.25) is 0 Å². The molecule has 0 amide bonds. The van der Waals surface area contributed by atoms with Crippen molar-refractivity contribution in [3.8, 4) is 0 Å². The van der Waals surface area contributed by atoms with Crippen molar-refractivity contribution in [2.45, 2.75) is 24.9 Å². The molecule has 2 aromatic carbocycles. The number of alkyl halides is 4. The number of benzene rings is 2. The van der Waals surface area contributed by atoms with Gasteiger partial charge in [-0.15, -0.1) is 0 Å². The van der Waals surface area contributed by atoms with Gasteiger partial charge in [0.1, 0.15) is 5.82 Å². The fourth-order valence-corrected chi connectivity index (χ4v) is 3.01. The standard InChI is InChI=1S/C16H13BrF4/c1-9-3-5-12(10(2)7-9)15(17)11-4-6-14(18)13(8-11)16(19,20)21/h3-8,15H,1-2H3. The van der Waals surface area contributed by atoms with E-state index in [1.54, 1.807) is 0 Å². The van der Waals surface area contributed by atoms with Crippen molar-refractivity contribution < 1.29 is 17.6 Å². The minimum atomic E-state index is -4.70. The molecule has 112 valence electrons. The summed E-state index contributed by atoms with van der Waals surface area (Å²) in [4.78, 5) is -0.417. The van der Waals surface area contributed by atoms with Crippen molar-refractivity contribution >= 4 is 15.9 Å². The van der Waals surface area contributed by atoms with Crippen molar-refractivity contribution in [2.24, 2.45) is 0 Å². The second-order valence-electron chi connectivity index (χ2n) is 4.96. The van der Waals surface area contributed by atoms with Crippen LogP contribution in [0.3, 0.4) is 0 Å². The number of halogens is 5. The normalized spacial score (nSPS) is 13.3. The lowest BCUT2D eigenvalue weighted by Crippen LogP contribution is -2.09. The Morgan fingerprint density at radius 2 is 1.67 bits per heavy atom. The summed E-state index contributed by atoms with van der Waals surface area (Å²) < 4.78 is 51.6. The van der Waals surface area contributed by atoms with Gasteiger partial charge in [-0.05, 0) is 42.7 Å². The summed E-state index contributed by atoms with van der Waals surface area (Å²) in [5.41, 5.74) is 2.03. The van der Waals surface area contributed by atoms with Crippen LogP contribution in [-0.4, -0.2) is 0 Å². The van der Waals surface area contributed by atoms with Gasteiger partial charge in [0, 0.05) is 0 Å². The second kappa shape index (κ2) is 5.79. The van der Waals surface area contributed by atoms with E-state index in [1.165, 1.54) is 6.07 Å². The van der Waals surface area contributed by atoms with Gasteiger partial charge in [0.05, 0.1) is 10.4 Å². The number of aryl methyl sites for hydroxylation is 2. The monoisotopic (exact) mass is 360 g/mol. The molecule has 0 N–H and O–H groups in total. The van der Waals surface area contributed by atoms with Gasteiger partial charge in [0.25, 0.3) is 0 Å². The predicted molar refractivity (Wildman–Crippen MR) is 78.1 cm³/mol. The lowest BCUT2D eigenvalue weighted by atomic mass is 9.97. The van der Waals surface area contributed by atoms with Crippen LogP contribution >= 0.6 is 15.9 Å². The van der Waals surface area contributed by atoms with Crippen LogP contribution in [0.2, 0.25) is 0 Å². The average Bonchev–Trinajstić information content (AvgIpc) is 2.37. The van der Waals surface area contributed by atoms with Crippen molar-refractivity contribution in [3.05, 3.63) is 70.0 Å². The Morgan fingerprint density at radius 3 is 2.24 bits per heavy atom. The molecule has 0 aliphatic rings. The molecule has 0 heterocycles. The highest BCUT2D eigenvalue weighted by Gasteiger charge is 2.34. The maximum absolute atomic E-state index is 13.3. The first kappa shape index (κ1) is 16.0. The molecular formula is C16H13BrF4. The lowest BCUT2D eigenvalue weighted by molar-refractivity contribution is -0.140. The molecule has 0 aliphatic carbocycles. The Kier molecular flexibility index (Phi) is 4.42. The summed E-state index contributed by atoms with van der Waals surface area (Å²) in [6, 6.07) is 8.79. The van der Waals surface area contributed by atoms with Crippen LogP contribution in [0.4, 0.5) is 17.6 Å². The lowest BCUT2D eigenvalue weighted by Gasteiger charge is -2.16. The van der Waals surface area contributed by atoms with E-state index in [-0.39, 0.29) is 0 Å². The van der Waals surface area contributed by atoms with E-state index in [9.17, 15) is 17.6 Å². The quantitative estimate of drug-likeness (QED) is 0.458. The average molecular weight is 361 g/mol. The van der Waals surface area contributed by atoms with Crippen molar-refractivity contribution in [2.75, 3.05) is 0 Å². The molecule has 2 rings (SSSR count). The largest absolute Gasteiger partial charge is 0.419 e. The molecule has 0 aromatic heterocycles. The third-order valence-corrected chi connectivity index (χ3v) is 4.31. The number of hydrogen-bond acceptors (Lipinski definition) is 0. The van der Waals surface area contributed by atoms with Crippen LogP contribution in [-0.2, 0) is 6.18 Å². The van der Waals surface area contributed by atoms with Gasteiger partial charge in [-0.25, -0.2) is 4.39 Å². The van der Waals surface area contributed by atoms with E-state index >= 15 is 0 Å². The van der Waals surface area contributed by atoms with Gasteiger partial charge >= 0.3 is 6.18 Å². The molecule has 0 saturated carbocycles. The minimum absolute atomic E-state index is 0.371. The van der Waals surface area contributed by atoms with Crippen molar-refractivity contribution in [1.82, 2.24) is 0 Å². The molecule has 0 bridgehead atoms. The third-order valence-electron chi connectivity index (χ3n) is 3.29. The first-order valence-electron chi connectivity index (χ1n) is 6.28.